The Kier molecular flexibility index (Phi) is 6.71. The Bertz CT molecular complexity index is 1180. The predicted molar refractivity (Wildman–Crippen MR) is 116 cm³/mol. The predicted octanol–water partition coefficient (Wildman–Crippen LogP) is 5.76. The summed E-state index contributed by atoms with van der Waals surface area (Å²) in [4.78, 5) is 25.6. The van der Waals surface area contributed by atoms with Crippen LogP contribution in [0.25, 0.3) is 10.9 Å². The van der Waals surface area contributed by atoms with E-state index in [9.17, 15) is 27.9 Å². The van der Waals surface area contributed by atoms with Crippen molar-refractivity contribution in [1.82, 2.24) is 4.57 Å². The van der Waals surface area contributed by atoms with Crippen molar-refractivity contribution in [1.29, 1.82) is 0 Å². The molecule has 0 amide bonds. The van der Waals surface area contributed by atoms with Crippen molar-refractivity contribution >= 4 is 22.8 Å². The molecule has 9 heteroatoms. The molecule has 0 saturated heterocycles. The molecule has 0 radical (unpaired) electrons. The summed E-state index contributed by atoms with van der Waals surface area (Å²) in [7, 11) is 1.49. The number of fused-ring (bicyclic) bond motifs is 1. The molecule has 0 spiro atoms. The molecule has 1 aromatic heterocycles. The highest BCUT2D eigenvalue weighted by molar-refractivity contribution is 6.05. The van der Waals surface area contributed by atoms with Gasteiger partial charge in [-0.3, -0.25) is 14.2 Å². The van der Waals surface area contributed by atoms with Gasteiger partial charge in [0.2, 0.25) is 0 Å². The van der Waals surface area contributed by atoms with Crippen molar-refractivity contribution in [3.8, 4) is 11.5 Å². The molecule has 6 nitrogen and oxygen atoms in total. The molecule has 176 valence electrons. The number of ether oxygens (including phenoxy) is 2. The number of halogens is 3. The largest absolute Gasteiger partial charge is 0.573 e. The molecule has 0 aliphatic heterocycles. The zero-order valence-corrected chi connectivity index (χ0v) is 18.6. The Morgan fingerprint density at radius 1 is 1.09 bits per heavy atom. The monoisotopic (exact) mass is 463 g/mol. The van der Waals surface area contributed by atoms with E-state index in [4.69, 9.17) is 4.74 Å². The number of rotatable bonds is 7. The molecule has 1 unspecified atom stereocenters. The molecule has 3 rings (SSSR count). The number of carboxylic acid groups (broad SMARTS) is 1. The lowest BCUT2D eigenvalue weighted by molar-refractivity contribution is -0.274. The van der Waals surface area contributed by atoms with Crippen LogP contribution in [-0.2, 0) is 4.79 Å². The third-order valence-corrected chi connectivity index (χ3v) is 5.79. The van der Waals surface area contributed by atoms with E-state index in [0.29, 0.717) is 34.3 Å². The van der Waals surface area contributed by atoms with Crippen LogP contribution in [0.4, 0.5) is 13.2 Å². The molecule has 0 fully saturated rings. The summed E-state index contributed by atoms with van der Waals surface area (Å²) >= 11 is 0. The van der Waals surface area contributed by atoms with Crippen molar-refractivity contribution in [2.75, 3.05) is 7.11 Å². The van der Waals surface area contributed by atoms with Gasteiger partial charge in [-0.15, -0.1) is 13.2 Å². The van der Waals surface area contributed by atoms with Gasteiger partial charge in [-0.2, -0.15) is 0 Å². The number of hydrogen-bond donors (Lipinski definition) is 1. The Morgan fingerprint density at radius 3 is 2.21 bits per heavy atom. The summed E-state index contributed by atoms with van der Waals surface area (Å²) in [6.07, 6.45) is -4.23. The third kappa shape index (κ3) is 4.81. The topological polar surface area (TPSA) is 77.8 Å². The SMILES string of the molecule is CCC(C)[C@@H](C(=O)O)c1c(C)n(C(=O)c2ccc(OC(F)(F)F)cc2)c2ccc(OC)cc12. The molecule has 0 bridgehead atoms. The molecule has 0 aliphatic carbocycles. The molecule has 33 heavy (non-hydrogen) atoms. The van der Waals surface area contributed by atoms with Gasteiger partial charge in [0.05, 0.1) is 18.5 Å². The van der Waals surface area contributed by atoms with E-state index in [-0.39, 0.29) is 11.5 Å². The maximum atomic E-state index is 13.4. The molecular weight excluding hydrogens is 439 g/mol. The minimum Gasteiger partial charge on any atom is -0.497 e. The number of aromatic nitrogens is 1. The van der Waals surface area contributed by atoms with Crippen molar-refractivity contribution < 1.29 is 37.3 Å². The van der Waals surface area contributed by atoms with E-state index in [1.165, 1.54) is 23.8 Å². The van der Waals surface area contributed by atoms with Gasteiger partial charge in [0.1, 0.15) is 11.5 Å². The summed E-state index contributed by atoms with van der Waals surface area (Å²) in [5.41, 5.74) is 1.57. The quantitative estimate of drug-likeness (QED) is 0.482. The molecule has 1 heterocycles. The maximum absolute atomic E-state index is 13.4. The number of aliphatic carboxylic acids is 1. The van der Waals surface area contributed by atoms with Gasteiger partial charge < -0.3 is 14.6 Å². The number of benzene rings is 2. The number of hydrogen-bond acceptors (Lipinski definition) is 4. The second-order valence-corrected chi connectivity index (χ2v) is 7.80. The van der Waals surface area contributed by atoms with E-state index >= 15 is 0 Å². The number of alkyl halides is 3. The normalized spacial score (nSPS) is 13.5. The van der Waals surface area contributed by atoms with Crippen molar-refractivity contribution in [3.63, 3.8) is 0 Å². The van der Waals surface area contributed by atoms with Gasteiger partial charge in [0.25, 0.3) is 5.91 Å². The molecule has 0 aliphatic rings. The highest BCUT2D eigenvalue weighted by Gasteiger charge is 2.33. The zero-order chi connectivity index (χ0) is 24.5. The van der Waals surface area contributed by atoms with Gasteiger partial charge in [-0.25, -0.2) is 0 Å². The molecular formula is C24H24F3NO5. The lowest BCUT2D eigenvalue weighted by Gasteiger charge is -2.20. The van der Waals surface area contributed by atoms with Crippen LogP contribution in [0.2, 0.25) is 0 Å². The maximum Gasteiger partial charge on any atom is 0.573 e. The van der Waals surface area contributed by atoms with Crippen molar-refractivity contribution in [3.05, 3.63) is 59.3 Å². The Labute approximate surface area is 188 Å². The number of carbonyl (C=O) groups excluding carboxylic acids is 1. The summed E-state index contributed by atoms with van der Waals surface area (Å²) in [6, 6.07) is 9.62. The van der Waals surface area contributed by atoms with Crippen LogP contribution in [0.3, 0.4) is 0 Å². The van der Waals surface area contributed by atoms with Crippen LogP contribution in [0.15, 0.2) is 42.5 Å². The first-order valence-electron chi connectivity index (χ1n) is 10.3. The molecule has 2 aromatic carbocycles. The lowest BCUT2D eigenvalue weighted by atomic mass is 9.84. The minimum absolute atomic E-state index is 0.127. The van der Waals surface area contributed by atoms with Crippen LogP contribution >= 0.6 is 0 Å². The standard InChI is InChI=1S/C24H24F3NO5/c1-5-13(2)20(23(30)31)21-14(3)28(19-11-10-17(32-4)12-18(19)21)22(29)15-6-8-16(9-7-15)33-24(25,26)27/h6-13,20H,5H2,1-4H3,(H,30,31)/t13?,20-/m1/s1. The van der Waals surface area contributed by atoms with Crippen LogP contribution in [-0.4, -0.2) is 35.0 Å². The molecule has 3 aromatic rings. The first kappa shape index (κ1) is 24.2. The van der Waals surface area contributed by atoms with Crippen LogP contribution in [0.1, 0.15) is 47.8 Å². The van der Waals surface area contributed by atoms with Gasteiger partial charge in [-0.05, 0) is 60.9 Å². The van der Waals surface area contributed by atoms with Gasteiger partial charge >= 0.3 is 12.3 Å². The van der Waals surface area contributed by atoms with Crippen LogP contribution < -0.4 is 9.47 Å². The first-order chi connectivity index (χ1) is 15.5. The van der Waals surface area contributed by atoms with Crippen molar-refractivity contribution in [2.45, 2.75) is 39.5 Å². The van der Waals surface area contributed by atoms with Crippen LogP contribution in [0, 0.1) is 12.8 Å². The number of methoxy groups -OCH3 is 1. The number of carboxylic acids is 1. The first-order valence-corrected chi connectivity index (χ1v) is 10.3. The fourth-order valence-electron chi connectivity index (χ4n) is 4.02. The summed E-state index contributed by atoms with van der Waals surface area (Å²) < 4.78 is 47.9. The van der Waals surface area contributed by atoms with E-state index < -0.39 is 29.9 Å². The average Bonchev–Trinajstić information content (AvgIpc) is 3.03. The summed E-state index contributed by atoms with van der Waals surface area (Å²) in [6.45, 7) is 5.40. The second kappa shape index (κ2) is 9.17. The molecule has 0 saturated carbocycles. The lowest BCUT2D eigenvalue weighted by Crippen LogP contribution is -2.21. The van der Waals surface area contributed by atoms with E-state index in [1.807, 2.05) is 13.8 Å². The third-order valence-electron chi connectivity index (χ3n) is 5.79. The highest BCUT2D eigenvalue weighted by Crippen LogP contribution is 2.39. The van der Waals surface area contributed by atoms with Gasteiger partial charge in [0, 0.05) is 16.6 Å². The summed E-state index contributed by atoms with van der Waals surface area (Å²) in [5.74, 6) is -2.51. The molecule has 2 atom stereocenters. The van der Waals surface area contributed by atoms with Crippen molar-refractivity contribution in [2.24, 2.45) is 5.92 Å². The van der Waals surface area contributed by atoms with Crippen LogP contribution in [0.5, 0.6) is 11.5 Å². The van der Waals surface area contributed by atoms with E-state index in [2.05, 4.69) is 4.74 Å². The Morgan fingerprint density at radius 2 is 1.70 bits per heavy atom. The highest BCUT2D eigenvalue weighted by atomic mass is 19.4. The van der Waals surface area contributed by atoms with E-state index in [1.54, 1.807) is 25.1 Å². The fraction of sp³-hybridized carbons (Fsp3) is 0.333. The minimum atomic E-state index is -4.84. The average molecular weight is 463 g/mol. The van der Waals surface area contributed by atoms with Gasteiger partial charge in [-0.1, -0.05) is 20.3 Å². The zero-order valence-electron chi connectivity index (χ0n) is 18.6. The number of nitrogens with zero attached hydrogens (tertiary/aromatic N) is 1. The summed E-state index contributed by atoms with van der Waals surface area (Å²) in [5, 5.41) is 10.6. The smallest absolute Gasteiger partial charge is 0.497 e. The second-order valence-electron chi connectivity index (χ2n) is 7.80. The van der Waals surface area contributed by atoms with Gasteiger partial charge in [0.15, 0.2) is 0 Å². The fourth-order valence-corrected chi connectivity index (χ4v) is 4.02. The number of carbonyl (C=O) groups is 2. The Hall–Kier alpha value is -3.49. The van der Waals surface area contributed by atoms with E-state index in [0.717, 1.165) is 12.1 Å². The molecule has 1 N–H and O–H groups in total. The Balaban J connectivity index is 2.18.